The van der Waals surface area contributed by atoms with E-state index in [4.69, 9.17) is 4.98 Å². The Bertz CT molecular complexity index is 1880. The first kappa shape index (κ1) is 36.7. The standard InChI is InChI=1S/C28H23N2S.C13H24O2.Ir/c1-28(2,3)23-15-19(14-17-6-4-5-7-20(17)23)26-27-22(11-13-30-26)25-21-10-12-29-16-18(21)8-9-24(25)31-27;1-5-10(6-2)12(14)9-13(15)11(7-3)8-4;/h4-7,10-13,15-16H,8-9H2,1-3H3;9-11,14H,5-8H2,1-4H3;/q-1;;/b;12-9-;. The Kier molecular flexibility index (Phi) is 12.3. The van der Waals surface area contributed by atoms with E-state index in [1.807, 2.05) is 57.6 Å². The van der Waals surface area contributed by atoms with E-state index in [2.05, 4.69) is 74.3 Å². The molecular weight excluding hydrogens is 777 g/mol. The number of aromatic nitrogens is 2. The topological polar surface area (TPSA) is 63.1 Å². The molecule has 1 aliphatic carbocycles. The van der Waals surface area contributed by atoms with Gasteiger partial charge >= 0.3 is 0 Å². The molecule has 3 aromatic heterocycles. The zero-order valence-electron chi connectivity index (χ0n) is 28.7. The van der Waals surface area contributed by atoms with Gasteiger partial charge in [0.15, 0.2) is 5.78 Å². The molecule has 0 spiro atoms. The number of aliphatic hydroxyl groups is 1. The number of thiophene rings is 1. The van der Waals surface area contributed by atoms with Crippen LogP contribution in [-0.2, 0) is 43.2 Å². The van der Waals surface area contributed by atoms with Gasteiger partial charge in [-0.15, -0.1) is 40.5 Å². The molecule has 47 heavy (non-hydrogen) atoms. The van der Waals surface area contributed by atoms with E-state index in [-0.39, 0.29) is 48.9 Å². The van der Waals surface area contributed by atoms with E-state index in [1.54, 1.807) is 0 Å². The average Bonchev–Trinajstić information content (AvgIpc) is 3.45. The van der Waals surface area contributed by atoms with Gasteiger partial charge in [0.05, 0.1) is 5.76 Å². The van der Waals surface area contributed by atoms with Crippen LogP contribution in [-0.4, -0.2) is 20.9 Å². The Morgan fingerprint density at radius 1 is 0.957 bits per heavy atom. The van der Waals surface area contributed by atoms with Crippen molar-refractivity contribution in [1.82, 2.24) is 9.97 Å². The van der Waals surface area contributed by atoms with Gasteiger partial charge in [-0.3, -0.25) is 14.8 Å². The van der Waals surface area contributed by atoms with Crippen LogP contribution in [0.3, 0.4) is 0 Å². The molecule has 4 nitrogen and oxygen atoms in total. The molecule has 3 heterocycles. The van der Waals surface area contributed by atoms with Crippen molar-refractivity contribution in [2.75, 3.05) is 0 Å². The zero-order valence-corrected chi connectivity index (χ0v) is 32.0. The summed E-state index contributed by atoms with van der Waals surface area (Å²) in [6.45, 7) is 14.9. The Labute approximate surface area is 298 Å². The van der Waals surface area contributed by atoms with Gasteiger partial charge in [-0.2, -0.15) is 0 Å². The molecule has 5 aromatic rings. The summed E-state index contributed by atoms with van der Waals surface area (Å²) in [5, 5.41) is 13.5. The van der Waals surface area contributed by atoms with Gasteiger partial charge in [-0.25, -0.2) is 0 Å². The average molecular weight is 824 g/mol. The third-order valence-electron chi connectivity index (χ3n) is 9.39. The number of carbonyl (C=O) groups excluding carboxylic acids is 1. The Hall–Kier alpha value is -3.18. The van der Waals surface area contributed by atoms with Crippen molar-refractivity contribution in [3.8, 4) is 22.4 Å². The van der Waals surface area contributed by atoms with Gasteiger partial charge in [0.2, 0.25) is 0 Å². The monoisotopic (exact) mass is 824 g/mol. The molecule has 1 aliphatic rings. The van der Waals surface area contributed by atoms with Crippen LogP contribution >= 0.6 is 11.3 Å². The first-order chi connectivity index (χ1) is 22.1. The Balaban J connectivity index is 0.000000269. The first-order valence-corrected chi connectivity index (χ1v) is 17.7. The SMILES string of the molecule is CC(C)(C)c1cc(-c2nccc3c4c(sc23)CCc2cnccc2-4)[c-]c2ccccc12.CCC(CC)C(=O)/C=C(\O)C(CC)CC.[Ir]. The fraction of sp³-hybridized carbons (Fsp3) is 0.390. The fourth-order valence-corrected chi connectivity index (χ4v) is 7.92. The molecule has 0 amide bonds. The van der Waals surface area contributed by atoms with Crippen LogP contribution in [0, 0.1) is 17.9 Å². The maximum absolute atomic E-state index is 11.7. The van der Waals surface area contributed by atoms with Crippen LogP contribution < -0.4 is 0 Å². The molecule has 249 valence electrons. The molecule has 0 unspecified atom stereocenters. The van der Waals surface area contributed by atoms with Crippen LogP contribution in [0.15, 0.2) is 72.9 Å². The molecule has 0 saturated heterocycles. The number of aliphatic hydroxyl groups excluding tert-OH is 1. The molecule has 1 radical (unpaired) electrons. The second-order valence-corrected chi connectivity index (χ2v) is 14.5. The van der Waals surface area contributed by atoms with Crippen molar-refractivity contribution < 1.29 is 30.0 Å². The summed E-state index contributed by atoms with van der Waals surface area (Å²) in [5.74, 6) is 0.547. The van der Waals surface area contributed by atoms with Crippen molar-refractivity contribution in [3.05, 3.63) is 95.0 Å². The smallest absolute Gasteiger partial charge is 0.162 e. The number of pyridine rings is 2. The van der Waals surface area contributed by atoms with E-state index in [9.17, 15) is 9.90 Å². The number of allylic oxidation sites excluding steroid dienone is 2. The molecule has 0 atom stereocenters. The predicted molar refractivity (Wildman–Crippen MR) is 195 cm³/mol. The number of ketones is 1. The van der Waals surface area contributed by atoms with Gasteiger partial charge in [-0.05, 0) is 72.6 Å². The van der Waals surface area contributed by atoms with Crippen LogP contribution in [0.2, 0.25) is 0 Å². The maximum atomic E-state index is 11.7. The number of hydrogen-bond donors (Lipinski definition) is 1. The second-order valence-electron chi connectivity index (χ2n) is 13.4. The molecule has 0 fully saturated rings. The minimum Gasteiger partial charge on any atom is -0.512 e. The van der Waals surface area contributed by atoms with Crippen LogP contribution in [0.5, 0.6) is 0 Å². The van der Waals surface area contributed by atoms with E-state index < -0.39 is 0 Å². The number of nitrogens with zero attached hydrogens (tertiary/aromatic N) is 2. The van der Waals surface area contributed by atoms with Crippen molar-refractivity contribution >= 4 is 38.0 Å². The fourth-order valence-electron chi connectivity index (χ4n) is 6.61. The molecule has 6 rings (SSSR count). The van der Waals surface area contributed by atoms with E-state index in [1.165, 1.54) is 48.7 Å². The quantitative estimate of drug-likeness (QED) is 0.0962. The summed E-state index contributed by atoms with van der Waals surface area (Å²) in [7, 11) is 0. The van der Waals surface area contributed by atoms with E-state index in [0.717, 1.165) is 55.2 Å². The third-order valence-corrected chi connectivity index (χ3v) is 10.7. The van der Waals surface area contributed by atoms with Gasteiger partial charge in [0.25, 0.3) is 0 Å². The largest absolute Gasteiger partial charge is 0.512 e. The number of benzene rings is 2. The summed E-state index contributed by atoms with van der Waals surface area (Å²) >= 11 is 1.90. The second kappa shape index (κ2) is 15.8. The number of aryl methyl sites for hydroxylation is 2. The summed E-state index contributed by atoms with van der Waals surface area (Å²) in [4.78, 5) is 22.4. The number of hydrogen-bond acceptors (Lipinski definition) is 5. The van der Waals surface area contributed by atoms with Gasteiger partial charge < -0.3 is 5.11 Å². The minimum absolute atomic E-state index is 0. The molecule has 0 saturated carbocycles. The maximum Gasteiger partial charge on any atom is 0.162 e. The number of fused-ring (bicyclic) bond motifs is 6. The Morgan fingerprint density at radius 3 is 2.34 bits per heavy atom. The van der Waals surface area contributed by atoms with Crippen LogP contribution in [0.1, 0.15) is 90.2 Å². The van der Waals surface area contributed by atoms with Crippen molar-refractivity contribution in [2.24, 2.45) is 11.8 Å². The summed E-state index contributed by atoms with van der Waals surface area (Å²) < 4.78 is 1.27. The van der Waals surface area contributed by atoms with Gasteiger partial charge in [0, 0.05) is 77.4 Å². The van der Waals surface area contributed by atoms with Crippen LogP contribution in [0.25, 0.3) is 43.2 Å². The van der Waals surface area contributed by atoms with Gasteiger partial charge in [0.1, 0.15) is 0 Å². The van der Waals surface area contributed by atoms with Crippen LogP contribution in [0.4, 0.5) is 0 Å². The summed E-state index contributed by atoms with van der Waals surface area (Å²) in [6, 6.07) is 18.9. The molecule has 0 aliphatic heterocycles. The third kappa shape index (κ3) is 7.77. The molecule has 6 heteroatoms. The number of rotatable bonds is 8. The normalized spacial score (nSPS) is 12.8. The van der Waals surface area contributed by atoms with E-state index in [0.29, 0.717) is 0 Å². The predicted octanol–water partition coefficient (Wildman–Crippen LogP) is 11.2. The van der Waals surface area contributed by atoms with Crippen molar-refractivity contribution in [3.63, 3.8) is 0 Å². The molecule has 1 N–H and O–H groups in total. The van der Waals surface area contributed by atoms with Crippen molar-refractivity contribution in [1.29, 1.82) is 0 Å². The summed E-state index contributed by atoms with van der Waals surface area (Å²) in [5.41, 5.74) is 7.57. The van der Waals surface area contributed by atoms with E-state index >= 15 is 0 Å². The van der Waals surface area contributed by atoms with Gasteiger partial charge in [-0.1, -0.05) is 77.6 Å². The molecule has 2 aromatic carbocycles. The summed E-state index contributed by atoms with van der Waals surface area (Å²) in [6.07, 6.45) is 12.9. The first-order valence-electron chi connectivity index (χ1n) is 16.8. The van der Waals surface area contributed by atoms with Crippen molar-refractivity contribution in [2.45, 2.75) is 92.4 Å². The Morgan fingerprint density at radius 2 is 1.66 bits per heavy atom. The molecule has 0 bridgehead atoms. The zero-order chi connectivity index (χ0) is 33.0. The number of carbonyl (C=O) groups is 1. The minimum atomic E-state index is 0. The molecular formula is C41H47IrN2O2S-.